The van der Waals surface area contributed by atoms with E-state index in [2.05, 4.69) is 15.2 Å². The number of alkyl halides is 1. The molecule has 0 radical (unpaired) electrons. The van der Waals surface area contributed by atoms with Crippen LogP contribution in [0.5, 0.6) is 0 Å². The van der Waals surface area contributed by atoms with Gasteiger partial charge in [0, 0.05) is 31.9 Å². The first-order chi connectivity index (χ1) is 8.66. The number of rotatable bonds is 5. The zero-order chi connectivity index (χ0) is 13.0. The number of nitrogens with zero attached hydrogens (tertiary/aromatic N) is 4. The summed E-state index contributed by atoms with van der Waals surface area (Å²) < 4.78 is 5.45. The molecule has 2 aromatic heterocycles. The van der Waals surface area contributed by atoms with E-state index in [0.29, 0.717) is 11.9 Å². The van der Waals surface area contributed by atoms with Crippen LogP contribution in [0.2, 0.25) is 0 Å². The standard InChI is InChI=1S/C12H15ClN4O/c1-9(13)11-15-16-12(18-11)17(2)8-6-10-5-3-4-7-14-10/h3-5,7,9H,6,8H2,1-2H3. The number of likely N-dealkylation sites (N-methyl/N-ethyl adjacent to an activating group) is 1. The first-order valence-corrected chi connectivity index (χ1v) is 6.19. The minimum absolute atomic E-state index is 0.268. The summed E-state index contributed by atoms with van der Waals surface area (Å²) >= 11 is 5.87. The maximum atomic E-state index is 5.87. The first kappa shape index (κ1) is 12.8. The molecule has 0 aliphatic rings. The normalized spacial score (nSPS) is 12.4. The summed E-state index contributed by atoms with van der Waals surface area (Å²) in [6, 6.07) is 6.35. The summed E-state index contributed by atoms with van der Waals surface area (Å²) in [6.07, 6.45) is 2.61. The average molecular weight is 267 g/mol. The Hall–Kier alpha value is -1.62. The van der Waals surface area contributed by atoms with Crippen LogP contribution in [-0.2, 0) is 6.42 Å². The van der Waals surface area contributed by atoms with Gasteiger partial charge in [0.25, 0.3) is 0 Å². The third kappa shape index (κ3) is 3.20. The second-order valence-electron chi connectivity index (χ2n) is 4.03. The van der Waals surface area contributed by atoms with E-state index in [1.165, 1.54) is 0 Å². The molecule has 2 rings (SSSR count). The van der Waals surface area contributed by atoms with E-state index < -0.39 is 0 Å². The molecule has 1 unspecified atom stereocenters. The molecule has 5 nitrogen and oxygen atoms in total. The van der Waals surface area contributed by atoms with Gasteiger partial charge in [-0.2, -0.15) is 0 Å². The van der Waals surface area contributed by atoms with Crippen LogP contribution >= 0.6 is 11.6 Å². The molecule has 96 valence electrons. The molecule has 0 aliphatic heterocycles. The van der Waals surface area contributed by atoms with Gasteiger partial charge in [-0.25, -0.2) is 0 Å². The van der Waals surface area contributed by atoms with Crippen molar-refractivity contribution in [3.05, 3.63) is 36.0 Å². The van der Waals surface area contributed by atoms with Crippen molar-refractivity contribution in [3.63, 3.8) is 0 Å². The number of hydrogen-bond donors (Lipinski definition) is 0. The summed E-state index contributed by atoms with van der Waals surface area (Å²) in [6.45, 7) is 2.56. The zero-order valence-corrected chi connectivity index (χ0v) is 11.1. The highest BCUT2D eigenvalue weighted by atomic mass is 35.5. The van der Waals surface area contributed by atoms with Gasteiger partial charge >= 0.3 is 6.01 Å². The molecule has 0 spiro atoms. The predicted molar refractivity (Wildman–Crippen MR) is 69.8 cm³/mol. The fourth-order valence-corrected chi connectivity index (χ4v) is 1.55. The van der Waals surface area contributed by atoms with Gasteiger partial charge in [0.15, 0.2) is 0 Å². The minimum atomic E-state index is -0.268. The van der Waals surface area contributed by atoms with Crippen LogP contribution in [0.15, 0.2) is 28.8 Å². The Balaban J connectivity index is 1.93. The summed E-state index contributed by atoms with van der Waals surface area (Å²) in [5.41, 5.74) is 1.04. The van der Waals surface area contributed by atoms with Gasteiger partial charge in [0.05, 0.1) is 0 Å². The molecule has 0 aromatic carbocycles. The third-order valence-electron chi connectivity index (χ3n) is 2.53. The molecular weight excluding hydrogens is 252 g/mol. The lowest BCUT2D eigenvalue weighted by atomic mass is 10.2. The Bertz CT molecular complexity index is 486. The quantitative estimate of drug-likeness (QED) is 0.778. The molecule has 0 bridgehead atoms. The molecule has 1 atom stereocenters. The number of anilines is 1. The highest BCUT2D eigenvalue weighted by molar-refractivity contribution is 6.20. The van der Waals surface area contributed by atoms with Crippen molar-refractivity contribution in [3.8, 4) is 0 Å². The molecule has 2 heterocycles. The summed E-state index contributed by atoms with van der Waals surface area (Å²) in [4.78, 5) is 6.16. The van der Waals surface area contributed by atoms with Gasteiger partial charge in [-0.3, -0.25) is 4.98 Å². The number of pyridine rings is 1. The van der Waals surface area contributed by atoms with Gasteiger partial charge in [-0.05, 0) is 19.1 Å². The van der Waals surface area contributed by atoms with Crippen molar-refractivity contribution in [1.29, 1.82) is 0 Å². The van der Waals surface area contributed by atoms with E-state index in [1.807, 2.05) is 30.1 Å². The van der Waals surface area contributed by atoms with E-state index in [9.17, 15) is 0 Å². The van der Waals surface area contributed by atoms with Gasteiger partial charge in [-0.15, -0.1) is 16.7 Å². The Morgan fingerprint density at radius 2 is 2.22 bits per heavy atom. The average Bonchev–Trinajstić information content (AvgIpc) is 2.87. The topological polar surface area (TPSA) is 55.1 Å². The van der Waals surface area contributed by atoms with E-state index >= 15 is 0 Å². The van der Waals surface area contributed by atoms with E-state index in [1.54, 1.807) is 13.1 Å². The molecule has 0 aliphatic carbocycles. The number of hydrogen-bond acceptors (Lipinski definition) is 5. The number of aromatic nitrogens is 3. The van der Waals surface area contributed by atoms with Crippen molar-refractivity contribution < 1.29 is 4.42 Å². The van der Waals surface area contributed by atoms with Crippen LogP contribution in [-0.4, -0.2) is 28.8 Å². The molecule has 0 amide bonds. The van der Waals surface area contributed by atoms with Crippen LogP contribution in [0, 0.1) is 0 Å². The maximum Gasteiger partial charge on any atom is 0.317 e. The monoisotopic (exact) mass is 266 g/mol. The zero-order valence-electron chi connectivity index (χ0n) is 10.4. The largest absolute Gasteiger partial charge is 0.406 e. The fraction of sp³-hybridized carbons (Fsp3) is 0.417. The molecule has 2 aromatic rings. The highest BCUT2D eigenvalue weighted by Gasteiger charge is 2.14. The molecule has 0 saturated heterocycles. The molecule has 18 heavy (non-hydrogen) atoms. The van der Waals surface area contributed by atoms with E-state index in [-0.39, 0.29) is 5.38 Å². The van der Waals surface area contributed by atoms with Gasteiger partial charge < -0.3 is 9.32 Å². The Kier molecular flexibility index (Phi) is 4.15. The Morgan fingerprint density at radius 1 is 1.39 bits per heavy atom. The van der Waals surface area contributed by atoms with Crippen molar-refractivity contribution in [2.45, 2.75) is 18.7 Å². The highest BCUT2D eigenvalue weighted by Crippen LogP contribution is 2.20. The summed E-state index contributed by atoms with van der Waals surface area (Å²) in [5.74, 6) is 0.441. The van der Waals surface area contributed by atoms with Crippen LogP contribution in [0.25, 0.3) is 0 Å². The molecule has 6 heteroatoms. The fourth-order valence-electron chi connectivity index (χ4n) is 1.47. The molecule has 0 saturated carbocycles. The third-order valence-corrected chi connectivity index (χ3v) is 2.71. The first-order valence-electron chi connectivity index (χ1n) is 5.75. The molecular formula is C12H15ClN4O. The Labute approximate surface area is 111 Å². The summed E-state index contributed by atoms with van der Waals surface area (Å²) in [7, 11) is 1.90. The van der Waals surface area contributed by atoms with Gasteiger partial charge in [0.1, 0.15) is 5.38 Å². The second-order valence-corrected chi connectivity index (χ2v) is 4.69. The van der Waals surface area contributed by atoms with Crippen LogP contribution in [0.3, 0.4) is 0 Å². The van der Waals surface area contributed by atoms with Crippen molar-refractivity contribution in [2.24, 2.45) is 0 Å². The Morgan fingerprint density at radius 3 is 2.83 bits per heavy atom. The van der Waals surface area contributed by atoms with Crippen LogP contribution in [0.1, 0.15) is 23.9 Å². The van der Waals surface area contributed by atoms with E-state index in [4.69, 9.17) is 16.0 Å². The van der Waals surface area contributed by atoms with Gasteiger partial charge in [0.2, 0.25) is 5.89 Å². The summed E-state index contributed by atoms with van der Waals surface area (Å²) in [5, 5.41) is 7.57. The van der Waals surface area contributed by atoms with Gasteiger partial charge in [-0.1, -0.05) is 11.2 Å². The number of halogens is 1. The lowest BCUT2D eigenvalue weighted by Gasteiger charge is -2.13. The van der Waals surface area contributed by atoms with Crippen LogP contribution in [0.4, 0.5) is 6.01 Å². The van der Waals surface area contributed by atoms with Crippen molar-refractivity contribution in [2.75, 3.05) is 18.5 Å². The predicted octanol–water partition coefficient (Wildman–Crippen LogP) is 2.44. The SMILES string of the molecule is CC(Cl)c1nnc(N(C)CCc2ccccn2)o1. The smallest absolute Gasteiger partial charge is 0.317 e. The lowest BCUT2D eigenvalue weighted by molar-refractivity contribution is 0.490. The second kappa shape index (κ2) is 5.82. The van der Waals surface area contributed by atoms with Crippen molar-refractivity contribution in [1.82, 2.24) is 15.2 Å². The van der Waals surface area contributed by atoms with E-state index in [0.717, 1.165) is 18.7 Å². The lowest BCUT2D eigenvalue weighted by Crippen LogP contribution is -2.20. The van der Waals surface area contributed by atoms with Crippen LogP contribution < -0.4 is 4.90 Å². The minimum Gasteiger partial charge on any atom is -0.406 e. The maximum absolute atomic E-state index is 5.87. The molecule has 0 fully saturated rings. The molecule has 0 N–H and O–H groups in total. The van der Waals surface area contributed by atoms with Crippen molar-refractivity contribution >= 4 is 17.6 Å².